The van der Waals surface area contributed by atoms with Crippen molar-refractivity contribution >= 4 is 16.7 Å². The second-order valence-electron chi connectivity index (χ2n) is 6.51. The number of aliphatic hydroxyl groups is 1. The lowest BCUT2D eigenvalue weighted by atomic mass is 9.88. The number of fused-ring (bicyclic) bond motifs is 2. The zero-order valence-corrected chi connectivity index (χ0v) is 13.8. The topological polar surface area (TPSA) is 69.1 Å². The van der Waals surface area contributed by atoms with Gasteiger partial charge in [-0.1, -0.05) is 18.2 Å². The van der Waals surface area contributed by atoms with Crippen molar-refractivity contribution in [1.82, 2.24) is 5.16 Å². The molecule has 0 saturated carbocycles. The van der Waals surface area contributed by atoms with E-state index in [-0.39, 0.29) is 0 Å². The molecule has 6 heteroatoms. The van der Waals surface area contributed by atoms with Crippen LogP contribution >= 0.6 is 0 Å². The standard InChI is InChI=1S/C19H16N2O4/c1-19(2)17(22)16(13-10-11(20-3)8-9-14(13)24-19)23-18-12-6-4-5-7-15(12)25-21-18/h4-10,16-17,22H,1-2H3/t16-,17+/m1/s1. The van der Waals surface area contributed by atoms with E-state index in [1.807, 2.05) is 18.2 Å². The van der Waals surface area contributed by atoms with Crippen LogP contribution in [0.1, 0.15) is 25.5 Å². The van der Waals surface area contributed by atoms with Crippen LogP contribution in [0.25, 0.3) is 15.8 Å². The normalized spacial score (nSPS) is 21.2. The maximum absolute atomic E-state index is 10.8. The van der Waals surface area contributed by atoms with Gasteiger partial charge >= 0.3 is 0 Å². The molecular weight excluding hydrogens is 320 g/mol. The van der Waals surface area contributed by atoms with Crippen molar-refractivity contribution in [2.24, 2.45) is 0 Å². The SMILES string of the molecule is [C-]#[N+]c1ccc2c(c1)[C@@H](Oc1noc3ccccc13)[C@H](O)C(C)(C)O2. The Bertz CT molecular complexity index is 986. The van der Waals surface area contributed by atoms with Gasteiger partial charge in [0.1, 0.15) is 17.5 Å². The fourth-order valence-electron chi connectivity index (χ4n) is 3.00. The maximum Gasteiger partial charge on any atom is 0.262 e. The number of hydrogen-bond donors (Lipinski definition) is 1. The van der Waals surface area contributed by atoms with Gasteiger partial charge in [0.2, 0.25) is 0 Å². The highest BCUT2D eigenvalue weighted by molar-refractivity contribution is 5.81. The van der Waals surface area contributed by atoms with Crippen molar-refractivity contribution < 1.29 is 19.1 Å². The molecule has 0 fully saturated rings. The van der Waals surface area contributed by atoms with Crippen molar-refractivity contribution in [3.05, 3.63) is 59.4 Å². The summed E-state index contributed by atoms with van der Waals surface area (Å²) in [5, 5.41) is 15.5. The number of ether oxygens (including phenoxy) is 2. The minimum atomic E-state index is -0.948. The molecule has 1 aliphatic rings. The molecule has 25 heavy (non-hydrogen) atoms. The number of benzene rings is 2. The molecule has 0 unspecified atom stereocenters. The van der Waals surface area contributed by atoms with Crippen LogP contribution in [0, 0.1) is 6.57 Å². The van der Waals surface area contributed by atoms with Crippen molar-refractivity contribution in [3.63, 3.8) is 0 Å². The van der Waals surface area contributed by atoms with Gasteiger partial charge in [0.15, 0.2) is 17.4 Å². The molecule has 2 aromatic carbocycles. The van der Waals surface area contributed by atoms with E-state index in [4.69, 9.17) is 20.6 Å². The Balaban J connectivity index is 1.81. The Labute approximate surface area is 144 Å². The van der Waals surface area contributed by atoms with Gasteiger partial charge in [-0.2, -0.15) is 0 Å². The second kappa shape index (κ2) is 5.50. The Morgan fingerprint density at radius 1 is 1.24 bits per heavy atom. The summed E-state index contributed by atoms with van der Waals surface area (Å²) in [5.41, 5.74) is 0.824. The van der Waals surface area contributed by atoms with Gasteiger partial charge in [-0.3, -0.25) is 0 Å². The van der Waals surface area contributed by atoms with E-state index in [0.29, 0.717) is 28.5 Å². The van der Waals surface area contributed by atoms with Crippen LogP contribution in [-0.4, -0.2) is 22.0 Å². The van der Waals surface area contributed by atoms with E-state index in [9.17, 15) is 5.11 Å². The van der Waals surface area contributed by atoms with Crippen LogP contribution < -0.4 is 9.47 Å². The third-order valence-corrected chi connectivity index (χ3v) is 4.38. The van der Waals surface area contributed by atoms with Crippen molar-refractivity contribution in [3.8, 4) is 11.6 Å². The summed E-state index contributed by atoms with van der Waals surface area (Å²) in [6, 6.07) is 12.4. The summed E-state index contributed by atoms with van der Waals surface area (Å²) >= 11 is 0. The predicted octanol–water partition coefficient (Wildman–Crippen LogP) is 4.03. The molecule has 0 aliphatic carbocycles. The average Bonchev–Trinajstić information content (AvgIpc) is 3.01. The molecule has 1 aromatic heterocycles. The minimum Gasteiger partial charge on any atom is -0.485 e. The number of para-hydroxylation sites is 1. The number of aliphatic hydroxyl groups excluding tert-OH is 1. The quantitative estimate of drug-likeness (QED) is 0.716. The van der Waals surface area contributed by atoms with Gasteiger partial charge in [-0.15, -0.1) is 0 Å². The van der Waals surface area contributed by atoms with E-state index in [1.165, 1.54) is 0 Å². The first-order valence-corrected chi connectivity index (χ1v) is 7.89. The fraction of sp³-hybridized carbons (Fsp3) is 0.263. The first-order chi connectivity index (χ1) is 12.0. The summed E-state index contributed by atoms with van der Waals surface area (Å²) in [6.45, 7) is 10.8. The van der Waals surface area contributed by atoms with E-state index in [1.54, 1.807) is 38.1 Å². The van der Waals surface area contributed by atoms with Gasteiger partial charge in [-0.05, 0) is 43.3 Å². The minimum absolute atomic E-state index is 0.302. The van der Waals surface area contributed by atoms with Gasteiger partial charge < -0.3 is 19.1 Å². The van der Waals surface area contributed by atoms with E-state index >= 15 is 0 Å². The molecule has 1 N–H and O–H groups in total. The monoisotopic (exact) mass is 336 g/mol. The third kappa shape index (κ3) is 2.49. The molecule has 4 rings (SSSR count). The Morgan fingerprint density at radius 3 is 2.84 bits per heavy atom. The highest BCUT2D eigenvalue weighted by Gasteiger charge is 2.44. The predicted molar refractivity (Wildman–Crippen MR) is 90.8 cm³/mol. The zero-order chi connectivity index (χ0) is 17.6. The Hall–Kier alpha value is -3.04. The molecule has 1 aliphatic heterocycles. The maximum atomic E-state index is 10.8. The Morgan fingerprint density at radius 2 is 2.04 bits per heavy atom. The van der Waals surface area contributed by atoms with Gasteiger partial charge in [0.25, 0.3) is 5.88 Å². The van der Waals surface area contributed by atoms with Crippen LogP contribution in [0.15, 0.2) is 47.0 Å². The van der Waals surface area contributed by atoms with Crippen molar-refractivity contribution in [2.45, 2.75) is 31.7 Å². The number of nitrogens with zero attached hydrogens (tertiary/aromatic N) is 2. The van der Waals surface area contributed by atoms with Crippen LogP contribution in [0.5, 0.6) is 11.6 Å². The first kappa shape index (κ1) is 15.5. The van der Waals surface area contributed by atoms with E-state index < -0.39 is 17.8 Å². The molecule has 0 spiro atoms. The fourth-order valence-corrected chi connectivity index (χ4v) is 3.00. The number of rotatable bonds is 2. The lowest BCUT2D eigenvalue weighted by Gasteiger charge is -2.41. The molecule has 126 valence electrons. The average molecular weight is 336 g/mol. The van der Waals surface area contributed by atoms with Crippen LogP contribution in [-0.2, 0) is 0 Å². The summed E-state index contributed by atoms with van der Waals surface area (Å²) in [6.07, 6.45) is -1.68. The Kier molecular flexibility index (Phi) is 3.41. The van der Waals surface area contributed by atoms with E-state index in [0.717, 1.165) is 5.39 Å². The molecule has 3 aromatic rings. The van der Waals surface area contributed by atoms with Gasteiger partial charge in [0, 0.05) is 5.56 Å². The smallest absolute Gasteiger partial charge is 0.262 e. The van der Waals surface area contributed by atoms with Crippen molar-refractivity contribution in [1.29, 1.82) is 0 Å². The van der Waals surface area contributed by atoms with Gasteiger partial charge in [-0.25, -0.2) is 4.85 Å². The highest BCUT2D eigenvalue weighted by Crippen LogP contribution is 2.44. The molecule has 0 radical (unpaired) electrons. The molecule has 2 atom stereocenters. The summed E-state index contributed by atoms with van der Waals surface area (Å²) in [5.74, 6) is 0.886. The summed E-state index contributed by atoms with van der Waals surface area (Å²) in [7, 11) is 0. The van der Waals surface area contributed by atoms with Crippen molar-refractivity contribution in [2.75, 3.05) is 0 Å². The molecule has 6 nitrogen and oxygen atoms in total. The zero-order valence-electron chi connectivity index (χ0n) is 13.8. The first-order valence-electron chi connectivity index (χ1n) is 7.89. The summed E-state index contributed by atoms with van der Waals surface area (Å²) < 4.78 is 17.2. The lowest BCUT2D eigenvalue weighted by Crippen LogP contribution is -2.50. The lowest BCUT2D eigenvalue weighted by molar-refractivity contribution is -0.104. The highest BCUT2D eigenvalue weighted by atomic mass is 16.6. The third-order valence-electron chi connectivity index (χ3n) is 4.38. The number of aromatic nitrogens is 1. The largest absolute Gasteiger partial charge is 0.485 e. The molecule has 0 amide bonds. The van der Waals surface area contributed by atoms with Crippen LogP contribution in [0.4, 0.5) is 5.69 Å². The molecule has 2 heterocycles. The molecule has 0 bridgehead atoms. The van der Waals surface area contributed by atoms with Crippen LogP contribution in [0.3, 0.4) is 0 Å². The summed E-state index contributed by atoms with van der Waals surface area (Å²) in [4.78, 5) is 3.44. The number of hydrogen-bond acceptors (Lipinski definition) is 5. The molecule has 0 saturated heterocycles. The van der Waals surface area contributed by atoms with Crippen LogP contribution in [0.2, 0.25) is 0 Å². The van der Waals surface area contributed by atoms with Gasteiger partial charge in [0.05, 0.1) is 12.0 Å². The second-order valence-corrected chi connectivity index (χ2v) is 6.51. The van der Waals surface area contributed by atoms with E-state index in [2.05, 4.69) is 10.0 Å². The molecular formula is C19H16N2O4.